The van der Waals surface area contributed by atoms with Gasteiger partial charge in [0.1, 0.15) is 18.3 Å². The molecule has 0 bridgehead atoms. The molecule has 1 aromatic rings. The van der Waals surface area contributed by atoms with Gasteiger partial charge in [-0.05, 0) is 6.92 Å². The number of nitrogens with one attached hydrogen (secondary N) is 1. The monoisotopic (exact) mass is 300 g/mol. The Morgan fingerprint density at radius 3 is 2.67 bits per heavy atom. The maximum atomic E-state index is 11.9. The fourth-order valence-corrected chi connectivity index (χ4v) is 2.60. The molecule has 1 aromatic heterocycles. The minimum Gasteiger partial charge on any atom is -0.391 e. The summed E-state index contributed by atoms with van der Waals surface area (Å²) in [7, 11) is 1.42. The number of fused-ring (bicyclic) bond motifs is 1. The average Bonchev–Trinajstić information content (AvgIpc) is 2.97. The van der Waals surface area contributed by atoms with E-state index in [0.29, 0.717) is 0 Å². The van der Waals surface area contributed by atoms with E-state index in [9.17, 15) is 14.7 Å². The van der Waals surface area contributed by atoms with Crippen LogP contribution in [-0.2, 0) is 18.9 Å². The topological polar surface area (TPSA) is 112 Å². The van der Waals surface area contributed by atoms with E-state index in [1.165, 1.54) is 23.9 Å². The van der Waals surface area contributed by atoms with Crippen LogP contribution in [0.2, 0.25) is 0 Å². The van der Waals surface area contributed by atoms with Gasteiger partial charge in [0, 0.05) is 19.4 Å². The molecule has 0 spiro atoms. The van der Waals surface area contributed by atoms with Crippen molar-refractivity contribution in [3.8, 4) is 0 Å². The molecular weight excluding hydrogens is 284 g/mol. The molecule has 3 heterocycles. The first kappa shape index (κ1) is 14.4. The molecule has 0 aliphatic carbocycles. The quantitative estimate of drug-likeness (QED) is 0.700. The van der Waals surface area contributed by atoms with Crippen molar-refractivity contribution < 1.29 is 24.1 Å². The summed E-state index contributed by atoms with van der Waals surface area (Å²) in [6.07, 6.45) is -2.19. The number of aliphatic hydroxyl groups excluding tert-OH is 1. The van der Waals surface area contributed by atoms with Crippen molar-refractivity contribution in [1.29, 1.82) is 0 Å². The maximum Gasteiger partial charge on any atom is 0.330 e. The molecule has 2 fully saturated rings. The second-order valence-electron chi connectivity index (χ2n) is 4.98. The Kier molecular flexibility index (Phi) is 3.68. The van der Waals surface area contributed by atoms with Crippen LogP contribution in [0.4, 0.5) is 0 Å². The summed E-state index contributed by atoms with van der Waals surface area (Å²) in [5, 5.41) is 9.79. The van der Waals surface area contributed by atoms with E-state index >= 15 is 0 Å². The number of H-pyrrole nitrogens is 1. The number of methoxy groups -OCH3 is 1. The largest absolute Gasteiger partial charge is 0.391 e. The molecule has 9 nitrogen and oxygen atoms in total. The molecule has 0 amide bonds. The molecule has 3 rings (SSSR count). The lowest BCUT2D eigenvalue weighted by molar-refractivity contribution is -0.260. The summed E-state index contributed by atoms with van der Waals surface area (Å²) in [6.45, 7) is 0.676. The van der Waals surface area contributed by atoms with E-state index in [0.717, 1.165) is 0 Å². The van der Waals surface area contributed by atoms with Gasteiger partial charge in [-0.2, -0.15) is 0 Å². The number of nitrogens with zero attached hydrogens (tertiary/aromatic N) is 1. The van der Waals surface area contributed by atoms with Crippen molar-refractivity contribution in [1.82, 2.24) is 9.55 Å². The van der Waals surface area contributed by atoms with Crippen LogP contribution in [0.1, 0.15) is 13.2 Å². The van der Waals surface area contributed by atoms with Gasteiger partial charge in [0.05, 0.1) is 6.10 Å². The third kappa shape index (κ3) is 2.43. The number of aromatic amines is 1. The van der Waals surface area contributed by atoms with Crippen LogP contribution in [0.25, 0.3) is 0 Å². The molecule has 2 aliphatic heterocycles. The third-order valence-electron chi connectivity index (χ3n) is 3.55. The van der Waals surface area contributed by atoms with Crippen LogP contribution in [0.5, 0.6) is 0 Å². The number of rotatable bonds is 3. The molecule has 0 aromatic carbocycles. The molecule has 0 radical (unpaired) electrons. The standard InChI is InChI=1S/C12H16N2O7/c1-5(15)7-8-9(21-12(18-2)20-8)10(19-7)14-4-3-6(16)13-11(14)17/h3-5,7-10,12,15H,1-2H3,(H,13,16,17)/t5-,7?,8-,9-,10-,12?/m1/s1. The lowest BCUT2D eigenvalue weighted by atomic mass is 10.1. The molecule has 116 valence electrons. The second kappa shape index (κ2) is 5.35. The van der Waals surface area contributed by atoms with Gasteiger partial charge in [0.25, 0.3) is 12.0 Å². The highest BCUT2D eigenvalue weighted by Gasteiger charge is 2.55. The van der Waals surface area contributed by atoms with E-state index in [1.807, 2.05) is 0 Å². The molecule has 2 N–H and O–H groups in total. The van der Waals surface area contributed by atoms with E-state index in [2.05, 4.69) is 4.98 Å². The zero-order valence-corrected chi connectivity index (χ0v) is 11.5. The zero-order chi connectivity index (χ0) is 15.1. The van der Waals surface area contributed by atoms with Gasteiger partial charge in [-0.3, -0.25) is 14.3 Å². The van der Waals surface area contributed by atoms with E-state index < -0.39 is 48.4 Å². The Bertz CT molecular complexity index is 625. The van der Waals surface area contributed by atoms with Crippen LogP contribution in [0.3, 0.4) is 0 Å². The van der Waals surface area contributed by atoms with Gasteiger partial charge in [-0.15, -0.1) is 0 Å². The van der Waals surface area contributed by atoms with Crippen LogP contribution in [0.15, 0.2) is 21.9 Å². The first-order chi connectivity index (χ1) is 10.0. The predicted molar refractivity (Wildman–Crippen MR) is 67.5 cm³/mol. The summed E-state index contributed by atoms with van der Waals surface area (Å²) >= 11 is 0. The fraction of sp³-hybridized carbons (Fsp3) is 0.667. The Labute approximate surface area is 119 Å². The van der Waals surface area contributed by atoms with Crippen molar-refractivity contribution in [3.05, 3.63) is 33.1 Å². The highest BCUT2D eigenvalue weighted by atomic mass is 16.9. The number of hydrogen-bond donors (Lipinski definition) is 2. The van der Waals surface area contributed by atoms with Crippen molar-refractivity contribution in [2.75, 3.05) is 7.11 Å². The van der Waals surface area contributed by atoms with Crippen LogP contribution in [0, 0.1) is 0 Å². The minimum atomic E-state index is -0.883. The number of hydrogen-bond acceptors (Lipinski definition) is 7. The SMILES string of the molecule is COC1O[C@@H]2[C@H](O1)C([C@@H](C)O)O[C@H]2n1ccc(=O)[nH]c1=O. The summed E-state index contributed by atoms with van der Waals surface area (Å²) in [5.41, 5.74) is -1.13. The molecule has 0 saturated carbocycles. The van der Waals surface area contributed by atoms with E-state index in [1.54, 1.807) is 6.92 Å². The zero-order valence-electron chi connectivity index (χ0n) is 11.5. The van der Waals surface area contributed by atoms with E-state index in [4.69, 9.17) is 18.9 Å². The van der Waals surface area contributed by atoms with Crippen molar-refractivity contribution in [3.63, 3.8) is 0 Å². The molecule has 21 heavy (non-hydrogen) atoms. The number of ether oxygens (including phenoxy) is 4. The minimum absolute atomic E-state index is 0.503. The predicted octanol–water partition coefficient (Wildman–Crippen LogP) is -1.47. The highest BCUT2D eigenvalue weighted by Crippen LogP contribution is 2.39. The maximum absolute atomic E-state index is 11.9. The van der Waals surface area contributed by atoms with Crippen LogP contribution < -0.4 is 11.2 Å². The lowest BCUT2D eigenvalue weighted by Gasteiger charge is -2.21. The number of aliphatic hydroxyl groups is 1. The fourth-order valence-electron chi connectivity index (χ4n) is 2.60. The Morgan fingerprint density at radius 2 is 2.05 bits per heavy atom. The van der Waals surface area contributed by atoms with Crippen molar-refractivity contribution in [2.45, 2.75) is 44.0 Å². The molecule has 2 saturated heterocycles. The van der Waals surface area contributed by atoms with Crippen LogP contribution >= 0.6 is 0 Å². The van der Waals surface area contributed by atoms with Gasteiger partial charge in [0.2, 0.25) is 0 Å². The Balaban J connectivity index is 1.95. The molecule has 2 unspecified atom stereocenters. The molecular formula is C12H16N2O7. The van der Waals surface area contributed by atoms with Gasteiger partial charge < -0.3 is 24.1 Å². The third-order valence-corrected chi connectivity index (χ3v) is 3.55. The Morgan fingerprint density at radius 1 is 1.33 bits per heavy atom. The second-order valence-corrected chi connectivity index (χ2v) is 4.98. The summed E-state index contributed by atoms with van der Waals surface area (Å²) in [6, 6.07) is 1.21. The first-order valence-electron chi connectivity index (χ1n) is 6.50. The van der Waals surface area contributed by atoms with Gasteiger partial charge in [-0.25, -0.2) is 4.79 Å². The van der Waals surface area contributed by atoms with Crippen LogP contribution in [-0.4, -0.2) is 52.7 Å². The van der Waals surface area contributed by atoms with Gasteiger partial charge in [0.15, 0.2) is 6.23 Å². The van der Waals surface area contributed by atoms with Crippen molar-refractivity contribution >= 4 is 0 Å². The molecule has 2 aliphatic rings. The Hall–Kier alpha value is -1.52. The van der Waals surface area contributed by atoms with Crippen molar-refractivity contribution in [2.24, 2.45) is 0 Å². The average molecular weight is 300 g/mol. The number of aromatic nitrogens is 2. The summed E-state index contributed by atoms with van der Waals surface area (Å²) in [5.74, 6) is 0. The van der Waals surface area contributed by atoms with Gasteiger partial charge in [-0.1, -0.05) is 0 Å². The normalized spacial score (nSPS) is 36.6. The molecule has 9 heteroatoms. The molecule has 6 atom stereocenters. The summed E-state index contributed by atoms with van der Waals surface area (Å²) in [4.78, 5) is 25.2. The first-order valence-corrected chi connectivity index (χ1v) is 6.50. The summed E-state index contributed by atoms with van der Waals surface area (Å²) < 4.78 is 22.9. The van der Waals surface area contributed by atoms with Gasteiger partial charge >= 0.3 is 5.69 Å². The van der Waals surface area contributed by atoms with E-state index in [-0.39, 0.29) is 0 Å². The lowest BCUT2D eigenvalue weighted by Crippen LogP contribution is -2.37. The highest BCUT2D eigenvalue weighted by molar-refractivity contribution is 4.98. The smallest absolute Gasteiger partial charge is 0.330 e.